The lowest BCUT2D eigenvalue weighted by molar-refractivity contribution is -0.113. The molecule has 38 heavy (non-hydrogen) atoms. The molecule has 1 amide bonds. The van der Waals surface area contributed by atoms with Crippen molar-refractivity contribution in [2.24, 2.45) is 0 Å². The highest BCUT2D eigenvalue weighted by Crippen LogP contribution is 2.26. The van der Waals surface area contributed by atoms with Crippen LogP contribution in [-0.2, 0) is 21.6 Å². The number of aromatic nitrogens is 3. The van der Waals surface area contributed by atoms with Crippen LogP contribution in [0.25, 0.3) is 5.69 Å². The zero-order valence-corrected chi connectivity index (χ0v) is 22.6. The van der Waals surface area contributed by atoms with Crippen molar-refractivity contribution in [2.75, 3.05) is 18.2 Å². The lowest BCUT2D eigenvalue weighted by Gasteiger charge is -2.19. The van der Waals surface area contributed by atoms with Gasteiger partial charge in [0.1, 0.15) is 12.4 Å². The fraction of sp³-hybridized carbons (Fsp3) is 0.241. The molecule has 0 aliphatic heterocycles. The van der Waals surface area contributed by atoms with E-state index < -0.39 is 5.97 Å². The molecule has 9 heteroatoms. The van der Waals surface area contributed by atoms with Crippen molar-refractivity contribution in [3.05, 3.63) is 95.8 Å². The highest BCUT2D eigenvalue weighted by molar-refractivity contribution is 7.99. The SMILES string of the molecule is COC(=O)c1ccc(NC(=O)CSc2nnc(COc3ccc(C(C)(C)C)cc3)n2-c2ccccc2)cc1. The van der Waals surface area contributed by atoms with Crippen LogP contribution in [-0.4, -0.2) is 39.5 Å². The van der Waals surface area contributed by atoms with E-state index in [0.717, 1.165) is 11.4 Å². The van der Waals surface area contributed by atoms with Crippen molar-refractivity contribution in [3.8, 4) is 11.4 Å². The number of hydrogen-bond donors (Lipinski definition) is 1. The van der Waals surface area contributed by atoms with Gasteiger partial charge in [0.15, 0.2) is 11.0 Å². The third-order valence-corrected chi connectivity index (χ3v) is 6.65. The molecule has 196 valence electrons. The molecule has 0 saturated heterocycles. The first-order valence-corrected chi connectivity index (χ1v) is 13.1. The van der Waals surface area contributed by atoms with Gasteiger partial charge in [-0.25, -0.2) is 4.79 Å². The number of rotatable bonds is 9. The van der Waals surface area contributed by atoms with E-state index in [0.29, 0.717) is 22.2 Å². The van der Waals surface area contributed by atoms with Crippen LogP contribution >= 0.6 is 11.8 Å². The zero-order chi connectivity index (χ0) is 27.1. The van der Waals surface area contributed by atoms with Gasteiger partial charge < -0.3 is 14.8 Å². The minimum Gasteiger partial charge on any atom is -0.486 e. The summed E-state index contributed by atoms with van der Waals surface area (Å²) in [5.74, 6) is 0.851. The third-order valence-electron chi connectivity index (χ3n) is 5.73. The Labute approximate surface area is 226 Å². The molecule has 0 fully saturated rings. The molecule has 0 bridgehead atoms. The molecule has 4 aromatic rings. The molecule has 0 saturated carbocycles. The van der Waals surface area contributed by atoms with Gasteiger partial charge in [0.2, 0.25) is 5.91 Å². The Morgan fingerprint density at radius 3 is 2.24 bits per heavy atom. The van der Waals surface area contributed by atoms with Crippen molar-refractivity contribution in [2.45, 2.75) is 37.9 Å². The van der Waals surface area contributed by atoms with Crippen LogP contribution in [0.4, 0.5) is 5.69 Å². The average molecular weight is 531 g/mol. The van der Waals surface area contributed by atoms with Gasteiger partial charge in [-0.2, -0.15) is 0 Å². The second-order valence-corrected chi connectivity index (χ2v) is 10.5. The second-order valence-electron chi connectivity index (χ2n) is 9.54. The zero-order valence-electron chi connectivity index (χ0n) is 21.8. The lowest BCUT2D eigenvalue weighted by atomic mass is 9.87. The number of benzene rings is 3. The van der Waals surface area contributed by atoms with Crippen molar-refractivity contribution in [3.63, 3.8) is 0 Å². The number of methoxy groups -OCH3 is 1. The summed E-state index contributed by atoms with van der Waals surface area (Å²) >= 11 is 1.28. The summed E-state index contributed by atoms with van der Waals surface area (Å²) in [4.78, 5) is 24.2. The van der Waals surface area contributed by atoms with E-state index in [2.05, 4.69) is 48.4 Å². The molecular weight excluding hydrogens is 500 g/mol. The predicted octanol–water partition coefficient (Wildman–Crippen LogP) is 5.66. The van der Waals surface area contributed by atoms with Crippen LogP contribution in [0.5, 0.6) is 5.75 Å². The monoisotopic (exact) mass is 530 g/mol. The summed E-state index contributed by atoms with van der Waals surface area (Å²) < 4.78 is 12.6. The van der Waals surface area contributed by atoms with Crippen LogP contribution in [0.3, 0.4) is 0 Å². The molecule has 1 heterocycles. The number of carbonyl (C=O) groups is 2. The smallest absolute Gasteiger partial charge is 0.337 e. The maximum absolute atomic E-state index is 12.6. The van der Waals surface area contributed by atoms with Gasteiger partial charge in [-0.3, -0.25) is 9.36 Å². The van der Waals surface area contributed by atoms with Gasteiger partial charge in [0.25, 0.3) is 0 Å². The van der Waals surface area contributed by atoms with Crippen LogP contribution < -0.4 is 10.1 Å². The van der Waals surface area contributed by atoms with E-state index in [9.17, 15) is 9.59 Å². The molecule has 1 N–H and O–H groups in total. The fourth-order valence-corrected chi connectivity index (χ4v) is 4.43. The summed E-state index contributed by atoms with van der Waals surface area (Å²) in [5, 5.41) is 12.1. The Kier molecular flexibility index (Phi) is 8.48. The largest absolute Gasteiger partial charge is 0.486 e. The van der Waals surface area contributed by atoms with E-state index in [1.807, 2.05) is 47.0 Å². The Balaban J connectivity index is 1.44. The second kappa shape index (κ2) is 12.0. The number of ether oxygens (including phenoxy) is 2. The van der Waals surface area contributed by atoms with Crippen molar-refractivity contribution < 1.29 is 19.1 Å². The van der Waals surface area contributed by atoms with E-state index >= 15 is 0 Å². The number of nitrogens with one attached hydrogen (secondary N) is 1. The molecule has 0 spiro atoms. The number of hydrogen-bond acceptors (Lipinski definition) is 7. The Hall–Kier alpha value is -4.11. The molecule has 1 aromatic heterocycles. The molecule has 0 unspecified atom stereocenters. The number of para-hydroxylation sites is 1. The summed E-state index contributed by atoms with van der Waals surface area (Å²) in [6, 6.07) is 24.3. The molecule has 3 aromatic carbocycles. The normalized spacial score (nSPS) is 11.2. The summed E-state index contributed by atoms with van der Waals surface area (Å²) in [6.45, 7) is 6.73. The average Bonchev–Trinajstić information content (AvgIpc) is 3.33. The van der Waals surface area contributed by atoms with E-state index in [1.54, 1.807) is 24.3 Å². The highest BCUT2D eigenvalue weighted by atomic mass is 32.2. The van der Waals surface area contributed by atoms with Gasteiger partial charge in [0.05, 0.1) is 18.4 Å². The Morgan fingerprint density at radius 2 is 1.61 bits per heavy atom. The standard InChI is InChI=1S/C29H30N4O4S/c1-29(2,3)21-12-16-24(17-13-21)37-18-25-31-32-28(33(25)23-8-6-5-7-9-23)38-19-26(34)30-22-14-10-20(11-15-22)27(35)36-4/h5-17H,18-19H2,1-4H3,(H,30,34). The number of amides is 1. The first kappa shape index (κ1) is 26.9. The lowest BCUT2D eigenvalue weighted by Crippen LogP contribution is -2.15. The van der Waals surface area contributed by atoms with E-state index in [-0.39, 0.29) is 23.7 Å². The fourth-order valence-electron chi connectivity index (χ4n) is 3.66. The molecule has 8 nitrogen and oxygen atoms in total. The van der Waals surface area contributed by atoms with Crippen LogP contribution in [0.2, 0.25) is 0 Å². The van der Waals surface area contributed by atoms with Gasteiger partial charge in [-0.15, -0.1) is 10.2 Å². The van der Waals surface area contributed by atoms with Crippen molar-refractivity contribution in [1.29, 1.82) is 0 Å². The molecule has 0 radical (unpaired) electrons. The molecule has 0 atom stereocenters. The van der Waals surface area contributed by atoms with Gasteiger partial charge in [0, 0.05) is 11.4 Å². The first-order valence-electron chi connectivity index (χ1n) is 12.1. The van der Waals surface area contributed by atoms with Crippen LogP contribution in [0.15, 0.2) is 84.0 Å². The molecule has 4 rings (SSSR count). The minimum absolute atomic E-state index is 0.0664. The number of esters is 1. The summed E-state index contributed by atoms with van der Waals surface area (Å²) in [7, 11) is 1.32. The highest BCUT2D eigenvalue weighted by Gasteiger charge is 2.17. The number of carbonyl (C=O) groups excluding carboxylic acids is 2. The summed E-state index contributed by atoms with van der Waals surface area (Å²) in [6.07, 6.45) is 0. The van der Waals surface area contributed by atoms with Crippen molar-refractivity contribution in [1.82, 2.24) is 14.8 Å². The van der Waals surface area contributed by atoms with E-state index in [4.69, 9.17) is 9.47 Å². The van der Waals surface area contributed by atoms with Gasteiger partial charge in [-0.05, 0) is 59.5 Å². The minimum atomic E-state index is -0.430. The van der Waals surface area contributed by atoms with Crippen molar-refractivity contribution >= 4 is 29.3 Å². The predicted molar refractivity (Wildman–Crippen MR) is 148 cm³/mol. The van der Waals surface area contributed by atoms with E-state index in [1.165, 1.54) is 24.4 Å². The van der Waals surface area contributed by atoms with Crippen LogP contribution in [0.1, 0.15) is 42.5 Å². The molecule has 0 aliphatic rings. The first-order chi connectivity index (χ1) is 18.2. The third kappa shape index (κ3) is 6.80. The summed E-state index contributed by atoms with van der Waals surface area (Å²) in [5.41, 5.74) is 3.17. The van der Waals surface area contributed by atoms with Crippen LogP contribution in [0, 0.1) is 0 Å². The van der Waals surface area contributed by atoms with Gasteiger partial charge >= 0.3 is 5.97 Å². The quantitative estimate of drug-likeness (QED) is 0.220. The number of anilines is 1. The maximum atomic E-state index is 12.6. The number of thioether (sulfide) groups is 1. The Bertz CT molecular complexity index is 1380. The molecular formula is C29H30N4O4S. The Morgan fingerprint density at radius 1 is 0.921 bits per heavy atom. The topological polar surface area (TPSA) is 95.3 Å². The maximum Gasteiger partial charge on any atom is 0.337 e. The molecule has 0 aliphatic carbocycles. The van der Waals surface area contributed by atoms with Gasteiger partial charge in [-0.1, -0.05) is 62.9 Å². The number of nitrogens with zero attached hydrogens (tertiary/aromatic N) is 3.